The first kappa shape index (κ1) is 22.6. The maximum Gasteiger partial charge on any atom is 0.340 e. The number of hydrogen-bond acceptors (Lipinski definition) is 5. The number of ether oxygens (including phenoxy) is 3. The third-order valence-electron chi connectivity index (χ3n) is 4.84. The number of nitrogens with zero attached hydrogens (tertiary/aromatic N) is 1. The van der Waals surface area contributed by atoms with Gasteiger partial charge in [-0.2, -0.15) is 0 Å². The molecule has 1 aromatic heterocycles. The Bertz CT molecular complexity index is 1110. The second-order valence-electron chi connectivity index (χ2n) is 6.57. The summed E-state index contributed by atoms with van der Waals surface area (Å²) in [6, 6.07) is 14.9. The van der Waals surface area contributed by atoms with Crippen molar-refractivity contribution in [3.8, 4) is 28.3 Å². The van der Waals surface area contributed by atoms with Gasteiger partial charge in [0.25, 0.3) is 0 Å². The Kier molecular flexibility index (Phi) is 7.17. The van der Waals surface area contributed by atoms with Gasteiger partial charge in [-0.25, -0.2) is 9.59 Å². The van der Waals surface area contributed by atoms with Gasteiger partial charge in [0.15, 0.2) is 0 Å². The Balaban J connectivity index is 2.47. The molecule has 0 radical (unpaired) electrons. The molecule has 0 aliphatic heterocycles. The van der Waals surface area contributed by atoms with Crippen molar-refractivity contribution < 1.29 is 23.8 Å². The smallest absolute Gasteiger partial charge is 0.340 e. The quantitative estimate of drug-likeness (QED) is 0.239. The number of rotatable bonds is 7. The van der Waals surface area contributed by atoms with Gasteiger partial charge in [0, 0.05) is 10.1 Å². The van der Waals surface area contributed by atoms with Gasteiger partial charge < -0.3 is 18.8 Å². The van der Waals surface area contributed by atoms with Gasteiger partial charge in [-0.1, -0.05) is 18.2 Å². The number of methoxy groups -OCH3 is 3. The highest BCUT2D eigenvalue weighted by molar-refractivity contribution is 14.1. The third-order valence-corrected chi connectivity index (χ3v) is 5.55. The highest BCUT2D eigenvalue weighted by Crippen LogP contribution is 2.39. The molecule has 6 nitrogen and oxygen atoms in total. The minimum Gasteiger partial charge on any atom is -0.497 e. The number of allylic oxidation sites excluding steroid dienone is 1. The van der Waals surface area contributed by atoms with E-state index in [9.17, 15) is 9.59 Å². The molecule has 7 heteroatoms. The fourth-order valence-electron chi connectivity index (χ4n) is 3.49. The Hall–Kier alpha value is -3.07. The molecule has 0 aliphatic rings. The van der Waals surface area contributed by atoms with Crippen molar-refractivity contribution in [1.82, 2.24) is 4.57 Å². The Morgan fingerprint density at radius 3 is 1.71 bits per heavy atom. The van der Waals surface area contributed by atoms with E-state index >= 15 is 0 Å². The summed E-state index contributed by atoms with van der Waals surface area (Å²) in [4.78, 5) is 25.9. The SMILES string of the molecule is C=CCn1c(-c2ccc(I)cc2)c(C(=O)OC)c(C(=O)OC)c1-c1ccc(OC)cc1. The van der Waals surface area contributed by atoms with Gasteiger partial charge in [-0.3, -0.25) is 0 Å². The summed E-state index contributed by atoms with van der Waals surface area (Å²) in [5.74, 6) is -0.566. The third kappa shape index (κ3) is 4.36. The lowest BCUT2D eigenvalue weighted by molar-refractivity contribution is 0.0558. The Labute approximate surface area is 194 Å². The standard InChI is InChI=1S/C24H22INO5/c1-5-14-26-21(15-6-10-17(25)11-7-15)19(23(27)30-3)20(24(28)31-4)22(26)16-8-12-18(29-2)13-9-16/h5-13H,1,14H2,2-4H3. The van der Waals surface area contributed by atoms with E-state index in [0.717, 1.165) is 14.7 Å². The Morgan fingerprint density at radius 1 is 0.871 bits per heavy atom. The monoisotopic (exact) mass is 531 g/mol. The van der Waals surface area contributed by atoms with Gasteiger partial charge in [0.1, 0.15) is 16.9 Å². The minimum absolute atomic E-state index is 0.148. The number of hydrogen-bond donors (Lipinski definition) is 0. The number of carbonyl (C=O) groups excluding carboxylic acids is 2. The molecule has 160 valence electrons. The van der Waals surface area contributed by atoms with Crippen molar-refractivity contribution in [2.24, 2.45) is 0 Å². The van der Waals surface area contributed by atoms with Gasteiger partial charge in [-0.05, 0) is 70.1 Å². The summed E-state index contributed by atoms with van der Waals surface area (Å²) in [6.45, 7) is 4.23. The van der Waals surface area contributed by atoms with Crippen molar-refractivity contribution in [1.29, 1.82) is 0 Å². The van der Waals surface area contributed by atoms with Gasteiger partial charge >= 0.3 is 11.9 Å². The molecule has 0 spiro atoms. The van der Waals surface area contributed by atoms with Crippen molar-refractivity contribution >= 4 is 34.5 Å². The molecule has 3 aromatic rings. The summed E-state index contributed by atoms with van der Waals surface area (Å²) >= 11 is 2.21. The molecule has 3 rings (SSSR count). The second-order valence-corrected chi connectivity index (χ2v) is 7.81. The van der Waals surface area contributed by atoms with E-state index in [2.05, 4.69) is 29.2 Å². The van der Waals surface area contributed by atoms with Crippen LogP contribution in [0.15, 0.2) is 61.2 Å². The molecule has 0 saturated heterocycles. The van der Waals surface area contributed by atoms with Crippen molar-refractivity contribution in [3.05, 3.63) is 75.9 Å². The average Bonchev–Trinajstić information content (AvgIpc) is 3.13. The lowest BCUT2D eigenvalue weighted by Crippen LogP contribution is -2.11. The number of esters is 2. The van der Waals surface area contributed by atoms with Crippen LogP contribution in [0.3, 0.4) is 0 Å². The topological polar surface area (TPSA) is 66.8 Å². The molecule has 31 heavy (non-hydrogen) atoms. The fraction of sp³-hybridized carbons (Fsp3) is 0.167. The largest absolute Gasteiger partial charge is 0.497 e. The molecular weight excluding hydrogens is 509 g/mol. The van der Waals surface area contributed by atoms with Crippen LogP contribution >= 0.6 is 22.6 Å². The fourth-order valence-corrected chi connectivity index (χ4v) is 3.85. The van der Waals surface area contributed by atoms with Gasteiger partial charge in [0.05, 0.1) is 32.7 Å². The highest BCUT2D eigenvalue weighted by Gasteiger charge is 2.33. The van der Waals surface area contributed by atoms with Crippen LogP contribution in [0.1, 0.15) is 20.7 Å². The number of carbonyl (C=O) groups is 2. The van der Waals surface area contributed by atoms with E-state index in [-0.39, 0.29) is 11.1 Å². The van der Waals surface area contributed by atoms with E-state index in [1.807, 2.05) is 41.0 Å². The summed E-state index contributed by atoms with van der Waals surface area (Å²) in [5, 5.41) is 0. The predicted octanol–water partition coefficient (Wildman–Crippen LogP) is 5.19. The van der Waals surface area contributed by atoms with E-state index in [4.69, 9.17) is 14.2 Å². The zero-order valence-electron chi connectivity index (χ0n) is 17.5. The van der Waals surface area contributed by atoms with Crippen LogP contribution in [0.2, 0.25) is 0 Å². The average molecular weight is 531 g/mol. The highest BCUT2D eigenvalue weighted by atomic mass is 127. The first-order valence-electron chi connectivity index (χ1n) is 9.41. The van der Waals surface area contributed by atoms with Crippen LogP contribution < -0.4 is 4.74 Å². The predicted molar refractivity (Wildman–Crippen MR) is 127 cm³/mol. The van der Waals surface area contributed by atoms with E-state index in [1.165, 1.54) is 14.2 Å². The number of aromatic nitrogens is 1. The Morgan fingerprint density at radius 2 is 1.32 bits per heavy atom. The van der Waals surface area contributed by atoms with Crippen molar-refractivity contribution in [3.63, 3.8) is 0 Å². The zero-order valence-corrected chi connectivity index (χ0v) is 19.6. The van der Waals surface area contributed by atoms with Crippen LogP contribution in [-0.2, 0) is 16.0 Å². The molecule has 1 heterocycles. The van der Waals surface area contributed by atoms with Crippen LogP contribution in [0.25, 0.3) is 22.5 Å². The molecule has 0 N–H and O–H groups in total. The summed E-state index contributed by atoms with van der Waals surface area (Å²) < 4.78 is 18.3. The number of benzene rings is 2. The maximum absolute atomic E-state index is 12.9. The maximum atomic E-state index is 12.9. The van der Waals surface area contributed by atoms with Crippen molar-refractivity contribution in [2.45, 2.75) is 6.54 Å². The minimum atomic E-state index is -0.624. The molecular formula is C24H22INO5. The second kappa shape index (κ2) is 9.82. The first-order valence-corrected chi connectivity index (χ1v) is 10.5. The van der Waals surface area contributed by atoms with Crippen molar-refractivity contribution in [2.75, 3.05) is 21.3 Å². The summed E-state index contributed by atoms with van der Waals surface area (Å²) in [6.07, 6.45) is 1.71. The molecule has 2 aromatic carbocycles. The van der Waals surface area contributed by atoms with Crippen LogP contribution in [0.4, 0.5) is 0 Å². The zero-order chi connectivity index (χ0) is 22.5. The van der Waals surface area contributed by atoms with Crippen LogP contribution in [0.5, 0.6) is 5.75 Å². The van der Waals surface area contributed by atoms with E-state index in [0.29, 0.717) is 23.7 Å². The van der Waals surface area contributed by atoms with E-state index < -0.39 is 11.9 Å². The lowest BCUT2D eigenvalue weighted by atomic mass is 10.0. The molecule has 0 fully saturated rings. The molecule has 0 bridgehead atoms. The summed E-state index contributed by atoms with van der Waals surface area (Å²) in [7, 11) is 4.16. The first-order chi connectivity index (χ1) is 15.0. The molecule has 0 atom stereocenters. The molecule has 0 saturated carbocycles. The summed E-state index contributed by atoms with van der Waals surface area (Å²) in [5.41, 5.74) is 2.91. The van der Waals surface area contributed by atoms with Gasteiger partial charge in [0.2, 0.25) is 0 Å². The molecule has 0 amide bonds. The van der Waals surface area contributed by atoms with E-state index in [1.54, 1.807) is 25.3 Å². The van der Waals surface area contributed by atoms with Gasteiger partial charge in [-0.15, -0.1) is 6.58 Å². The molecule has 0 unspecified atom stereocenters. The number of halogens is 1. The van der Waals surface area contributed by atoms with Crippen LogP contribution in [-0.4, -0.2) is 37.8 Å². The van der Waals surface area contributed by atoms with Crippen LogP contribution in [0, 0.1) is 3.57 Å². The normalized spacial score (nSPS) is 10.5. The lowest BCUT2D eigenvalue weighted by Gasteiger charge is -2.13. The molecule has 0 aliphatic carbocycles.